The van der Waals surface area contributed by atoms with Gasteiger partial charge in [0.2, 0.25) is 0 Å². The Morgan fingerprint density at radius 1 is 0.839 bits per heavy atom. The van der Waals surface area contributed by atoms with Gasteiger partial charge >= 0.3 is 36.1 Å². The van der Waals surface area contributed by atoms with Crippen molar-refractivity contribution < 1.29 is 54.2 Å². The average Bonchev–Trinajstić information content (AvgIpc) is 2.70. The molecule has 0 N–H and O–H groups in total. The molecule has 0 bridgehead atoms. The molecule has 0 fully saturated rings. The molecule has 0 saturated heterocycles. The number of halogens is 8. The Balaban J connectivity index is 1.87. The van der Waals surface area contributed by atoms with Crippen LogP contribution in [-0.2, 0) is 14.3 Å². The molecular formula is C19H14F8O4. The quantitative estimate of drug-likeness (QED) is 0.293. The van der Waals surface area contributed by atoms with Gasteiger partial charge in [0.05, 0.1) is 12.8 Å². The van der Waals surface area contributed by atoms with Crippen molar-refractivity contribution in [1.29, 1.82) is 0 Å². The van der Waals surface area contributed by atoms with Gasteiger partial charge in [0.25, 0.3) is 0 Å². The summed E-state index contributed by atoms with van der Waals surface area (Å²) < 4.78 is 111. The molecular weight excluding hydrogens is 444 g/mol. The van der Waals surface area contributed by atoms with Crippen molar-refractivity contribution in [3.8, 4) is 5.75 Å². The van der Waals surface area contributed by atoms with E-state index < -0.39 is 55.6 Å². The third kappa shape index (κ3) is 5.42. The van der Waals surface area contributed by atoms with Crippen LogP contribution in [0.25, 0.3) is 10.8 Å². The Kier molecular flexibility index (Phi) is 7.12. The van der Waals surface area contributed by atoms with Gasteiger partial charge in [0, 0.05) is 0 Å². The number of esters is 2. The molecule has 4 nitrogen and oxygen atoms in total. The number of hydrogen-bond acceptors (Lipinski definition) is 4. The standard InChI is InChI=1S/C19H14F8O4/c20-16(21)18(24,25)19(26,27)17(22,23)10-30-14(28)7-8-15(29)31-13-6-5-11-3-1-2-4-12(11)9-13/h1-6,9,16H,7-8,10H2. The highest BCUT2D eigenvalue weighted by molar-refractivity contribution is 5.85. The van der Waals surface area contributed by atoms with Crippen LogP contribution in [-0.4, -0.2) is 42.7 Å². The van der Waals surface area contributed by atoms with Crippen LogP contribution in [0.2, 0.25) is 0 Å². The van der Waals surface area contributed by atoms with E-state index in [0.717, 1.165) is 10.8 Å². The maximum absolute atomic E-state index is 13.3. The second-order valence-corrected chi connectivity index (χ2v) is 6.35. The second-order valence-electron chi connectivity index (χ2n) is 6.35. The summed E-state index contributed by atoms with van der Waals surface area (Å²) in [4.78, 5) is 23.1. The van der Waals surface area contributed by atoms with Crippen molar-refractivity contribution >= 4 is 22.7 Å². The monoisotopic (exact) mass is 458 g/mol. The minimum absolute atomic E-state index is 0.109. The predicted molar refractivity (Wildman–Crippen MR) is 90.6 cm³/mol. The number of rotatable bonds is 9. The van der Waals surface area contributed by atoms with Crippen molar-refractivity contribution in [3.63, 3.8) is 0 Å². The summed E-state index contributed by atoms with van der Waals surface area (Å²) in [5.74, 6) is -21.1. The van der Waals surface area contributed by atoms with E-state index in [9.17, 15) is 44.7 Å². The number of hydrogen-bond donors (Lipinski definition) is 0. The summed E-state index contributed by atoms with van der Waals surface area (Å²) in [5.41, 5.74) is 0. The highest BCUT2D eigenvalue weighted by Gasteiger charge is 2.75. The number of fused-ring (bicyclic) bond motifs is 1. The number of carbonyl (C=O) groups is 2. The molecule has 12 heteroatoms. The minimum atomic E-state index is -6.48. The predicted octanol–water partition coefficient (Wildman–Crippen LogP) is 5.24. The SMILES string of the molecule is O=C(CCC(=O)Oc1ccc2ccccc2c1)OCC(F)(F)C(F)(F)C(F)(F)C(F)F. The fourth-order valence-electron chi connectivity index (χ4n) is 2.33. The summed E-state index contributed by atoms with van der Waals surface area (Å²) in [5, 5.41) is 1.58. The molecule has 31 heavy (non-hydrogen) atoms. The minimum Gasteiger partial charge on any atom is -0.459 e. The molecule has 0 aromatic heterocycles. The van der Waals surface area contributed by atoms with Crippen molar-refractivity contribution in [1.82, 2.24) is 0 Å². The Bertz CT molecular complexity index is 945. The lowest BCUT2D eigenvalue weighted by Gasteiger charge is -2.31. The Morgan fingerprint density at radius 2 is 1.42 bits per heavy atom. The van der Waals surface area contributed by atoms with Gasteiger partial charge in [-0.15, -0.1) is 0 Å². The average molecular weight is 458 g/mol. The molecule has 0 amide bonds. The van der Waals surface area contributed by atoms with E-state index in [4.69, 9.17) is 4.74 Å². The smallest absolute Gasteiger partial charge is 0.381 e. The van der Waals surface area contributed by atoms with Crippen molar-refractivity contribution in [3.05, 3.63) is 42.5 Å². The van der Waals surface area contributed by atoms with Gasteiger partial charge in [-0.25, -0.2) is 8.78 Å². The van der Waals surface area contributed by atoms with Crippen molar-refractivity contribution in [2.75, 3.05) is 6.61 Å². The summed E-state index contributed by atoms with van der Waals surface area (Å²) in [7, 11) is 0. The van der Waals surface area contributed by atoms with Gasteiger partial charge in [-0.1, -0.05) is 30.3 Å². The zero-order valence-corrected chi connectivity index (χ0v) is 15.4. The molecule has 2 rings (SSSR count). The molecule has 0 heterocycles. The Hall–Kier alpha value is -2.92. The van der Waals surface area contributed by atoms with Gasteiger partial charge in [-0.05, 0) is 22.9 Å². The van der Waals surface area contributed by atoms with Gasteiger partial charge in [-0.2, -0.15) is 26.3 Å². The maximum atomic E-state index is 13.3. The third-order valence-electron chi connectivity index (χ3n) is 4.05. The largest absolute Gasteiger partial charge is 0.459 e. The summed E-state index contributed by atoms with van der Waals surface area (Å²) in [6.45, 7) is -2.58. The molecule has 0 aliphatic heterocycles. The Morgan fingerprint density at radius 3 is 2.03 bits per heavy atom. The molecule has 0 aliphatic carbocycles. The molecule has 0 unspecified atom stereocenters. The van der Waals surface area contributed by atoms with Crippen LogP contribution in [0.15, 0.2) is 42.5 Å². The van der Waals surface area contributed by atoms with E-state index >= 15 is 0 Å². The zero-order valence-electron chi connectivity index (χ0n) is 15.4. The molecule has 0 atom stereocenters. The van der Waals surface area contributed by atoms with E-state index in [0.29, 0.717) is 0 Å². The third-order valence-corrected chi connectivity index (χ3v) is 4.05. The highest BCUT2D eigenvalue weighted by Crippen LogP contribution is 2.48. The molecule has 0 saturated carbocycles. The van der Waals surface area contributed by atoms with Gasteiger partial charge in [-0.3, -0.25) is 9.59 Å². The van der Waals surface area contributed by atoms with E-state index in [1.54, 1.807) is 30.3 Å². The van der Waals surface area contributed by atoms with Gasteiger partial charge in [0.15, 0.2) is 6.61 Å². The fourth-order valence-corrected chi connectivity index (χ4v) is 2.33. The molecule has 0 aliphatic rings. The highest BCUT2D eigenvalue weighted by atomic mass is 19.4. The van der Waals surface area contributed by atoms with E-state index in [1.165, 1.54) is 12.1 Å². The molecule has 170 valence electrons. The first-order chi connectivity index (χ1) is 14.3. The summed E-state index contributed by atoms with van der Waals surface area (Å²) in [6.07, 6.45) is -6.69. The molecule has 2 aromatic carbocycles. The first-order valence-corrected chi connectivity index (χ1v) is 8.54. The summed E-state index contributed by atoms with van der Waals surface area (Å²) in [6, 6.07) is 11.7. The van der Waals surface area contributed by atoms with E-state index in [2.05, 4.69) is 4.74 Å². The number of carbonyl (C=O) groups excluding carboxylic acids is 2. The lowest BCUT2D eigenvalue weighted by atomic mass is 10.1. The number of alkyl halides is 8. The van der Waals surface area contributed by atoms with Crippen LogP contribution in [0.1, 0.15) is 12.8 Å². The van der Waals surface area contributed by atoms with Crippen LogP contribution in [0.4, 0.5) is 35.1 Å². The van der Waals surface area contributed by atoms with Gasteiger partial charge < -0.3 is 9.47 Å². The Labute approximate surface area is 169 Å². The van der Waals surface area contributed by atoms with Crippen molar-refractivity contribution in [2.24, 2.45) is 0 Å². The maximum Gasteiger partial charge on any atom is 0.381 e. The first-order valence-electron chi connectivity index (χ1n) is 8.54. The van der Waals surface area contributed by atoms with Crippen LogP contribution >= 0.6 is 0 Å². The zero-order chi connectivity index (χ0) is 23.4. The lowest BCUT2D eigenvalue weighted by molar-refractivity contribution is -0.344. The van der Waals surface area contributed by atoms with E-state index in [-0.39, 0.29) is 5.75 Å². The van der Waals surface area contributed by atoms with Gasteiger partial charge in [0.1, 0.15) is 5.75 Å². The number of ether oxygens (including phenoxy) is 2. The number of benzene rings is 2. The second kappa shape index (κ2) is 9.06. The summed E-state index contributed by atoms with van der Waals surface area (Å²) >= 11 is 0. The topological polar surface area (TPSA) is 52.6 Å². The molecule has 0 radical (unpaired) electrons. The first kappa shape index (κ1) is 24.4. The van der Waals surface area contributed by atoms with Crippen LogP contribution in [0.5, 0.6) is 5.75 Å². The fraction of sp³-hybridized carbons (Fsp3) is 0.368. The van der Waals surface area contributed by atoms with Crippen LogP contribution < -0.4 is 4.74 Å². The lowest BCUT2D eigenvalue weighted by Crippen LogP contribution is -2.59. The molecule has 2 aromatic rings. The molecule has 0 spiro atoms. The van der Waals surface area contributed by atoms with E-state index in [1.807, 2.05) is 0 Å². The van der Waals surface area contributed by atoms with Crippen molar-refractivity contribution in [2.45, 2.75) is 37.0 Å². The normalized spacial score (nSPS) is 12.8. The van der Waals surface area contributed by atoms with Crippen LogP contribution in [0, 0.1) is 0 Å². The van der Waals surface area contributed by atoms with Crippen LogP contribution in [0.3, 0.4) is 0 Å².